The van der Waals surface area contributed by atoms with Crippen LogP contribution in [0.4, 0.5) is 0 Å². The van der Waals surface area contributed by atoms with Crippen LogP contribution in [-0.2, 0) is 11.3 Å². The number of rotatable bonds is 4. The molecule has 0 amide bonds. The van der Waals surface area contributed by atoms with Gasteiger partial charge in [-0.2, -0.15) is 0 Å². The van der Waals surface area contributed by atoms with Gasteiger partial charge in [-0.3, -0.25) is 4.98 Å². The summed E-state index contributed by atoms with van der Waals surface area (Å²) in [6.45, 7) is 1.25. The van der Waals surface area contributed by atoms with Crippen molar-refractivity contribution in [3.8, 4) is 11.1 Å². The fourth-order valence-electron chi connectivity index (χ4n) is 3.28. The third-order valence-electron chi connectivity index (χ3n) is 4.35. The Kier molecular flexibility index (Phi) is 4.76. The highest BCUT2D eigenvalue weighted by Crippen LogP contribution is 2.40. The highest BCUT2D eigenvalue weighted by atomic mass is 35.5. The van der Waals surface area contributed by atoms with E-state index in [1.807, 2.05) is 30.5 Å². The smallest absolute Gasteiger partial charge is 0.138 e. The number of halogens is 3. The zero-order chi connectivity index (χ0) is 18.3. The standard InChI is InChI=1S/C19H14Cl3N3O/c1-26-7-6-25-16-10-23-5-4-12(16)14-8-11(20)9-15(18(14)25)13-2-3-17(21)24-19(13)22/h2-5,8-10H,6-7H2,1H3. The highest BCUT2D eigenvalue weighted by molar-refractivity contribution is 6.35. The van der Waals surface area contributed by atoms with E-state index < -0.39 is 0 Å². The minimum Gasteiger partial charge on any atom is -0.383 e. The lowest BCUT2D eigenvalue weighted by Crippen LogP contribution is -2.04. The molecule has 0 saturated heterocycles. The number of methoxy groups -OCH3 is 1. The second-order valence-electron chi connectivity index (χ2n) is 5.86. The van der Waals surface area contributed by atoms with Crippen LogP contribution < -0.4 is 0 Å². The fourth-order valence-corrected chi connectivity index (χ4v) is 3.94. The summed E-state index contributed by atoms with van der Waals surface area (Å²) in [7, 11) is 1.68. The van der Waals surface area contributed by atoms with E-state index in [0.29, 0.717) is 28.5 Å². The summed E-state index contributed by atoms with van der Waals surface area (Å²) in [4.78, 5) is 8.45. The van der Waals surface area contributed by atoms with Gasteiger partial charge in [-0.15, -0.1) is 0 Å². The van der Waals surface area contributed by atoms with E-state index in [0.717, 1.165) is 32.9 Å². The third-order valence-corrected chi connectivity index (χ3v) is 5.07. The molecule has 4 nitrogen and oxygen atoms in total. The lowest BCUT2D eigenvalue weighted by atomic mass is 10.0. The molecular weight excluding hydrogens is 393 g/mol. The second kappa shape index (κ2) is 7.05. The molecule has 132 valence electrons. The maximum atomic E-state index is 6.43. The summed E-state index contributed by atoms with van der Waals surface area (Å²) < 4.78 is 7.48. The Labute approximate surface area is 165 Å². The molecular formula is C19H14Cl3N3O. The van der Waals surface area contributed by atoms with Gasteiger partial charge in [0.25, 0.3) is 0 Å². The molecule has 7 heteroatoms. The van der Waals surface area contributed by atoms with Crippen molar-refractivity contribution in [1.82, 2.24) is 14.5 Å². The van der Waals surface area contributed by atoms with E-state index in [-0.39, 0.29) is 0 Å². The van der Waals surface area contributed by atoms with Gasteiger partial charge in [0.15, 0.2) is 0 Å². The monoisotopic (exact) mass is 405 g/mol. The Bertz CT molecular complexity index is 1120. The van der Waals surface area contributed by atoms with Gasteiger partial charge in [0.05, 0.1) is 23.8 Å². The van der Waals surface area contributed by atoms with E-state index in [1.165, 1.54) is 0 Å². The predicted octanol–water partition coefficient (Wildman–Crippen LogP) is 5.86. The van der Waals surface area contributed by atoms with Gasteiger partial charge in [-0.05, 0) is 30.3 Å². The molecule has 0 aliphatic heterocycles. The molecule has 0 radical (unpaired) electrons. The van der Waals surface area contributed by atoms with Crippen LogP contribution in [0.15, 0.2) is 42.7 Å². The van der Waals surface area contributed by atoms with Crippen molar-refractivity contribution in [2.45, 2.75) is 6.54 Å². The largest absolute Gasteiger partial charge is 0.383 e. The number of ether oxygens (including phenoxy) is 1. The summed E-state index contributed by atoms with van der Waals surface area (Å²) >= 11 is 18.8. The maximum Gasteiger partial charge on any atom is 0.138 e. The fraction of sp³-hybridized carbons (Fsp3) is 0.158. The Morgan fingerprint density at radius 2 is 1.88 bits per heavy atom. The molecule has 26 heavy (non-hydrogen) atoms. The van der Waals surface area contributed by atoms with Crippen molar-refractivity contribution < 1.29 is 4.74 Å². The van der Waals surface area contributed by atoms with Crippen LogP contribution in [0.2, 0.25) is 15.3 Å². The van der Waals surface area contributed by atoms with Crippen molar-refractivity contribution in [2.24, 2.45) is 0 Å². The summed E-state index contributed by atoms with van der Waals surface area (Å²) in [5.41, 5.74) is 3.70. The average Bonchev–Trinajstić information content (AvgIpc) is 2.93. The molecule has 0 spiro atoms. The van der Waals surface area contributed by atoms with Crippen molar-refractivity contribution in [3.63, 3.8) is 0 Å². The number of nitrogens with zero attached hydrogens (tertiary/aromatic N) is 3. The first-order valence-electron chi connectivity index (χ1n) is 7.97. The molecule has 0 aliphatic carbocycles. The highest BCUT2D eigenvalue weighted by Gasteiger charge is 2.18. The van der Waals surface area contributed by atoms with Gasteiger partial charge >= 0.3 is 0 Å². The van der Waals surface area contributed by atoms with Gasteiger partial charge in [0, 0.05) is 46.8 Å². The van der Waals surface area contributed by atoms with E-state index >= 15 is 0 Å². The van der Waals surface area contributed by atoms with Gasteiger partial charge in [-0.1, -0.05) is 34.8 Å². The van der Waals surface area contributed by atoms with E-state index in [4.69, 9.17) is 39.5 Å². The summed E-state index contributed by atoms with van der Waals surface area (Å²) in [6.07, 6.45) is 3.63. The summed E-state index contributed by atoms with van der Waals surface area (Å²) in [5.74, 6) is 0. The second-order valence-corrected chi connectivity index (χ2v) is 7.04. The Morgan fingerprint density at radius 3 is 2.65 bits per heavy atom. The van der Waals surface area contributed by atoms with Crippen LogP contribution in [-0.4, -0.2) is 28.3 Å². The predicted molar refractivity (Wildman–Crippen MR) is 107 cm³/mol. The molecule has 0 bridgehead atoms. The van der Waals surface area contributed by atoms with Gasteiger partial charge < -0.3 is 9.30 Å². The molecule has 4 rings (SSSR count). The molecule has 0 fully saturated rings. The number of benzene rings is 1. The topological polar surface area (TPSA) is 39.9 Å². The van der Waals surface area contributed by atoms with Crippen molar-refractivity contribution in [3.05, 3.63) is 58.1 Å². The Morgan fingerprint density at radius 1 is 1.04 bits per heavy atom. The van der Waals surface area contributed by atoms with Crippen LogP contribution in [0.25, 0.3) is 32.9 Å². The van der Waals surface area contributed by atoms with Crippen LogP contribution in [0.3, 0.4) is 0 Å². The minimum absolute atomic E-state index is 0.336. The van der Waals surface area contributed by atoms with Gasteiger partial charge in [-0.25, -0.2) is 4.98 Å². The zero-order valence-corrected chi connectivity index (χ0v) is 16.1. The molecule has 3 heterocycles. The number of hydrogen-bond acceptors (Lipinski definition) is 3. The quantitative estimate of drug-likeness (QED) is 0.399. The molecule has 0 N–H and O–H groups in total. The first-order chi connectivity index (χ1) is 12.6. The van der Waals surface area contributed by atoms with E-state index in [1.54, 1.807) is 19.4 Å². The van der Waals surface area contributed by atoms with Gasteiger partial charge in [0.1, 0.15) is 10.3 Å². The first kappa shape index (κ1) is 17.6. The van der Waals surface area contributed by atoms with Crippen LogP contribution >= 0.6 is 34.8 Å². The molecule has 0 atom stereocenters. The normalized spacial score (nSPS) is 11.5. The van der Waals surface area contributed by atoms with Crippen molar-refractivity contribution in [2.75, 3.05) is 13.7 Å². The Hall–Kier alpha value is -1.85. The molecule has 0 saturated carbocycles. The number of aromatic nitrogens is 3. The number of pyridine rings is 2. The van der Waals surface area contributed by atoms with E-state index in [9.17, 15) is 0 Å². The first-order valence-corrected chi connectivity index (χ1v) is 9.10. The van der Waals surface area contributed by atoms with Crippen LogP contribution in [0.1, 0.15) is 0 Å². The zero-order valence-electron chi connectivity index (χ0n) is 13.8. The molecule has 0 unspecified atom stereocenters. The molecule has 0 aliphatic rings. The molecule has 1 aromatic carbocycles. The number of hydrogen-bond donors (Lipinski definition) is 0. The lowest BCUT2D eigenvalue weighted by molar-refractivity contribution is 0.189. The van der Waals surface area contributed by atoms with Crippen molar-refractivity contribution in [1.29, 1.82) is 0 Å². The molecule has 3 aromatic heterocycles. The third kappa shape index (κ3) is 2.93. The van der Waals surface area contributed by atoms with E-state index in [2.05, 4.69) is 14.5 Å². The van der Waals surface area contributed by atoms with Crippen molar-refractivity contribution >= 4 is 56.6 Å². The lowest BCUT2D eigenvalue weighted by Gasteiger charge is -2.12. The van der Waals surface area contributed by atoms with Crippen LogP contribution in [0, 0.1) is 0 Å². The van der Waals surface area contributed by atoms with Crippen LogP contribution in [0.5, 0.6) is 0 Å². The SMILES string of the molecule is COCCn1c2cnccc2c2cc(Cl)cc(-c3ccc(Cl)nc3Cl)c21. The summed E-state index contributed by atoms with van der Waals surface area (Å²) in [5, 5.41) is 3.42. The number of fused-ring (bicyclic) bond motifs is 3. The summed E-state index contributed by atoms with van der Waals surface area (Å²) in [6, 6.07) is 9.43. The Balaban J connectivity index is 2.13. The average molecular weight is 407 g/mol. The van der Waals surface area contributed by atoms with Gasteiger partial charge in [0.2, 0.25) is 0 Å². The maximum absolute atomic E-state index is 6.43. The molecule has 4 aromatic rings. The minimum atomic E-state index is 0.336.